The average molecular weight is 411 g/mol. The number of hydrogen-bond acceptors (Lipinski definition) is 5. The number of non-ortho nitro benzene ring substituents is 1. The monoisotopic (exact) mass is 410 g/mol. The van der Waals surface area contributed by atoms with E-state index >= 15 is 0 Å². The van der Waals surface area contributed by atoms with E-state index in [4.69, 9.17) is 0 Å². The summed E-state index contributed by atoms with van der Waals surface area (Å²) in [6.45, 7) is 8.10. The van der Waals surface area contributed by atoms with Gasteiger partial charge >= 0.3 is 0 Å². The summed E-state index contributed by atoms with van der Waals surface area (Å²) in [6.07, 6.45) is 2.13. The second kappa shape index (κ2) is 10.2. The third kappa shape index (κ3) is 4.97. The zero-order valence-corrected chi connectivity index (χ0v) is 17.7. The summed E-state index contributed by atoms with van der Waals surface area (Å²) >= 11 is 0. The lowest BCUT2D eigenvalue weighted by molar-refractivity contribution is -0.384. The van der Waals surface area contributed by atoms with Gasteiger partial charge in [-0.15, -0.1) is 0 Å². The number of nitrogens with zero attached hydrogens (tertiary/aromatic N) is 3. The van der Waals surface area contributed by atoms with Crippen LogP contribution in [0.3, 0.4) is 0 Å². The first-order valence-corrected chi connectivity index (χ1v) is 10.7. The minimum absolute atomic E-state index is 0.0408. The van der Waals surface area contributed by atoms with E-state index in [1.165, 1.54) is 12.1 Å². The second-order valence-corrected chi connectivity index (χ2v) is 7.51. The van der Waals surface area contributed by atoms with Gasteiger partial charge in [0.2, 0.25) is 0 Å². The van der Waals surface area contributed by atoms with Gasteiger partial charge in [0.25, 0.3) is 11.6 Å². The normalized spacial score (nSPS) is 14.7. The Kier molecular flexibility index (Phi) is 7.41. The SMILES string of the molecule is CCN(CC)C(CNC(=O)c1cc([N+](=O)[O-])ccc1N1CCCC1)c1ccccc1. The molecule has 7 nitrogen and oxygen atoms in total. The molecule has 1 heterocycles. The van der Waals surface area contributed by atoms with Gasteiger partial charge in [0, 0.05) is 31.8 Å². The molecule has 2 aromatic rings. The molecule has 160 valence electrons. The largest absolute Gasteiger partial charge is 0.371 e. The molecule has 0 bridgehead atoms. The molecule has 0 spiro atoms. The number of likely N-dealkylation sites (N-methyl/N-ethyl adjacent to an activating group) is 1. The third-order valence-electron chi connectivity index (χ3n) is 5.78. The smallest absolute Gasteiger partial charge is 0.270 e. The van der Waals surface area contributed by atoms with E-state index in [1.807, 2.05) is 18.2 Å². The molecule has 1 atom stereocenters. The summed E-state index contributed by atoms with van der Waals surface area (Å²) in [5.74, 6) is -0.270. The van der Waals surface area contributed by atoms with Gasteiger partial charge in [-0.2, -0.15) is 0 Å². The van der Waals surface area contributed by atoms with Crippen molar-refractivity contribution >= 4 is 17.3 Å². The van der Waals surface area contributed by atoms with Crippen LogP contribution in [0.1, 0.15) is 48.7 Å². The van der Waals surface area contributed by atoms with Crippen molar-refractivity contribution < 1.29 is 9.72 Å². The maximum absolute atomic E-state index is 13.2. The molecule has 1 aliphatic heterocycles. The number of nitro benzene ring substituents is 1. The topological polar surface area (TPSA) is 78.7 Å². The zero-order chi connectivity index (χ0) is 21.5. The fraction of sp³-hybridized carbons (Fsp3) is 0.435. The molecular formula is C23H30N4O3. The number of rotatable bonds is 9. The van der Waals surface area contributed by atoms with Crippen LogP contribution in [0.15, 0.2) is 48.5 Å². The van der Waals surface area contributed by atoms with Gasteiger partial charge in [0.15, 0.2) is 0 Å². The fourth-order valence-corrected chi connectivity index (χ4v) is 4.14. The van der Waals surface area contributed by atoms with Crippen molar-refractivity contribution in [1.29, 1.82) is 0 Å². The van der Waals surface area contributed by atoms with Crippen LogP contribution in [-0.2, 0) is 0 Å². The number of nitrogens with one attached hydrogen (secondary N) is 1. The van der Waals surface area contributed by atoms with Crippen LogP contribution >= 0.6 is 0 Å². The highest BCUT2D eigenvalue weighted by molar-refractivity contribution is 6.00. The lowest BCUT2D eigenvalue weighted by Gasteiger charge is -2.30. The molecule has 1 aliphatic rings. The molecule has 7 heteroatoms. The molecule has 3 rings (SSSR count). The Morgan fingerprint density at radius 1 is 1.13 bits per heavy atom. The number of hydrogen-bond donors (Lipinski definition) is 1. The third-order valence-corrected chi connectivity index (χ3v) is 5.78. The first kappa shape index (κ1) is 21.8. The van der Waals surface area contributed by atoms with E-state index in [0.717, 1.165) is 50.3 Å². The highest BCUT2D eigenvalue weighted by atomic mass is 16.6. The van der Waals surface area contributed by atoms with Gasteiger partial charge < -0.3 is 10.2 Å². The van der Waals surface area contributed by atoms with Gasteiger partial charge in [-0.25, -0.2) is 0 Å². The van der Waals surface area contributed by atoms with Crippen LogP contribution in [0.4, 0.5) is 11.4 Å². The Bertz CT molecular complexity index is 862. The molecule has 1 fully saturated rings. The Balaban J connectivity index is 1.84. The van der Waals surface area contributed by atoms with Crippen molar-refractivity contribution in [3.05, 3.63) is 69.8 Å². The molecule has 0 radical (unpaired) electrons. The minimum Gasteiger partial charge on any atom is -0.371 e. The Hall–Kier alpha value is -2.93. The van der Waals surface area contributed by atoms with Gasteiger partial charge in [0.1, 0.15) is 0 Å². The Morgan fingerprint density at radius 2 is 1.80 bits per heavy atom. The van der Waals surface area contributed by atoms with Crippen molar-refractivity contribution in [3.63, 3.8) is 0 Å². The molecule has 0 aromatic heterocycles. The molecule has 1 N–H and O–H groups in total. The van der Waals surface area contributed by atoms with Crippen molar-refractivity contribution in [1.82, 2.24) is 10.2 Å². The standard InChI is InChI=1S/C23H30N4O3/c1-3-25(4-2)22(18-10-6-5-7-11-18)17-24-23(28)20-16-19(27(29)30)12-13-21(20)26-14-8-9-15-26/h5-7,10-13,16,22H,3-4,8-9,14-15,17H2,1-2H3,(H,24,28). The van der Waals surface area contributed by atoms with Crippen LogP contribution in [0.2, 0.25) is 0 Å². The summed E-state index contributed by atoms with van der Waals surface area (Å²) in [7, 11) is 0. The van der Waals surface area contributed by atoms with Crippen molar-refractivity contribution in [2.75, 3.05) is 37.6 Å². The van der Waals surface area contributed by atoms with Crippen LogP contribution in [0, 0.1) is 10.1 Å². The van der Waals surface area contributed by atoms with Crippen LogP contribution in [-0.4, -0.2) is 48.5 Å². The Labute approximate surface area is 177 Å². The van der Waals surface area contributed by atoms with Crippen molar-refractivity contribution in [2.24, 2.45) is 0 Å². The van der Waals surface area contributed by atoms with E-state index in [2.05, 4.69) is 41.1 Å². The molecule has 1 amide bonds. The highest BCUT2D eigenvalue weighted by Crippen LogP contribution is 2.28. The first-order chi connectivity index (χ1) is 14.5. The number of carbonyl (C=O) groups excluding carboxylic acids is 1. The summed E-state index contributed by atoms with van der Waals surface area (Å²) in [5.41, 5.74) is 2.22. The average Bonchev–Trinajstić information content (AvgIpc) is 3.31. The molecular weight excluding hydrogens is 380 g/mol. The lowest BCUT2D eigenvalue weighted by atomic mass is 10.0. The summed E-state index contributed by atoms with van der Waals surface area (Å²) < 4.78 is 0. The van der Waals surface area contributed by atoms with E-state index in [-0.39, 0.29) is 17.6 Å². The molecule has 2 aromatic carbocycles. The van der Waals surface area contributed by atoms with Crippen LogP contribution in [0.25, 0.3) is 0 Å². The van der Waals surface area contributed by atoms with Gasteiger partial charge in [-0.1, -0.05) is 44.2 Å². The fourth-order valence-electron chi connectivity index (χ4n) is 4.14. The van der Waals surface area contributed by atoms with Gasteiger partial charge in [-0.05, 0) is 37.6 Å². The van der Waals surface area contributed by atoms with E-state index in [9.17, 15) is 14.9 Å². The molecule has 1 saturated heterocycles. The number of benzene rings is 2. The quantitative estimate of drug-likeness (QED) is 0.499. The number of nitro groups is 1. The molecule has 0 aliphatic carbocycles. The predicted molar refractivity (Wildman–Crippen MR) is 119 cm³/mol. The molecule has 30 heavy (non-hydrogen) atoms. The Morgan fingerprint density at radius 3 is 2.40 bits per heavy atom. The lowest BCUT2D eigenvalue weighted by Crippen LogP contribution is -2.38. The second-order valence-electron chi connectivity index (χ2n) is 7.51. The van der Waals surface area contributed by atoms with Gasteiger partial charge in [0.05, 0.1) is 22.2 Å². The number of carbonyl (C=O) groups is 1. The maximum Gasteiger partial charge on any atom is 0.270 e. The maximum atomic E-state index is 13.2. The number of amides is 1. The highest BCUT2D eigenvalue weighted by Gasteiger charge is 2.24. The van der Waals surface area contributed by atoms with E-state index in [1.54, 1.807) is 6.07 Å². The predicted octanol–water partition coefficient (Wildman–Crippen LogP) is 4.01. The van der Waals surface area contributed by atoms with Crippen LogP contribution in [0.5, 0.6) is 0 Å². The van der Waals surface area contributed by atoms with Crippen molar-refractivity contribution in [3.8, 4) is 0 Å². The zero-order valence-electron chi connectivity index (χ0n) is 17.7. The van der Waals surface area contributed by atoms with E-state index < -0.39 is 4.92 Å². The minimum atomic E-state index is -0.451. The summed E-state index contributed by atoms with van der Waals surface area (Å²) in [6, 6.07) is 14.7. The van der Waals surface area contributed by atoms with Gasteiger partial charge in [-0.3, -0.25) is 19.8 Å². The number of anilines is 1. The van der Waals surface area contributed by atoms with Crippen molar-refractivity contribution in [2.45, 2.75) is 32.7 Å². The summed E-state index contributed by atoms with van der Waals surface area (Å²) in [4.78, 5) is 28.4. The van der Waals surface area contributed by atoms with E-state index in [0.29, 0.717) is 12.1 Å². The molecule has 0 saturated carbocycles. The molecule has 1 unspecified atom stereocenters. The summed E-state index contributed by atoms with van der Waals surface area (Å²) in [5, 5.41) is 14.3. The van der Waals surface area contributed by atoms with Crippen LogP contribution < -0.4 is 10.2 Å². The first-order valence-electron chi connectivity index (χ1n) is 10.7.